The Morgan fingerprint density at radius 3 is 2.08 bits per heavy atom. The van der Waals surface area contributed by atoms with Crippen molar-refractivity contribution in [2.45, 2.75) is 33.0 Å². The molecule has 1 saturated heterocycles. The van der Waals surface area contributed by atoms with Crippen LogP contribution in [-0.4, -0.2) is 31.1 Å². The van der Waals surface area contributed by atoms with Gasteiger partial charge in [-0.15, -0.1) is 24.8 Å². The molecule has 1 N–H and O–H groups in total. The molecule has 0 unspecified atom stereocenters. The van der Waals surface area contributed by atoms with E-state index >= 15 is 0 Å². The Morgan fingerprint density at radius 1 is 1.08 bits per heavy atom. The monoisotopic (exact) mass is 450 g/mol. The Balaban J connectivity index is 0.00000264. The molecule has 0 aromatic heterocycles. The smallest absolute Gasteiger partial charge is 0.314 e. The minimum absolute atomic E-state index is 0. The minimum atomic E-state index is -4.32. The summed E-state index contributed by atoms with van der Waals surface area (Å²) in [5, 5.41) is 3.29. The van der Waals surface area contributed by atoms with Crippen molar-refractivity contribution in [3.8, 4) is 0 Å². The molecule has 1 aromatic rings. The largest absolute Gasteiger partial charge is 0.416 e. The molecule has 0 amide bonds. The van der Waals surface area contributed by atoms with Gasteiger partial charge in [0, 0.05) is 36.7 Å². The maximum absolute atomic E-state index is 13.1. The summed E-state index contributed by atoms with van der Waals surface area (Å²) in [5.74, 6) is 0. The Kier molecular flexibility index (Phi) is 9.08. The zero-order valence-corrected chi connectivity index (χ0v) is 17.1. The van der Waals surface area contributed by atoms with Gasteiger partial charge in [-0.1, -0.05) is 36.7 Å². The van der Waals surface area contributed by atoms with Gasteiger partial charge in [-0.25, -0.2) is 0 Å². The second-order valence-corrected chi connectivity index (χ2v) is 7.64. The number of nitrogens with one attached hydrogen (secondary N) is 1. The van der Waals surface area contributed by atoms with Crippen LogP contribution in [0.15, 0.2) is 22.7 Å². The van der Waals surface area contributed by atoms with E-state index in [1.807, 2.05) is 0 Å². The van der Waals surface area contributed by atoms with E-state index in [0.29, 0.717) is 5.56 Å². The van der Waals surface area contributed by atoms with Gasteiger partial charge in [-0.3, -0.25) is 4.90 Å². The number of rotatable bonds is 2. The van der Waals surface area contributed by atoms with Crippen LogP contribution in [0.3, 0.4) is 0 Å². The first-order valence-electron chi connectivity index (χ1n) is 7.42. The maximum atomic E-state index is 13.1. The van der Waals surface area contributed by atoms with Crippen LogP contribution in [0.2, 0.25) is 0 Å². The van der Waals surface area contributed by atoms with Crippen molar-refractivity contribution in [1.82, 2.24) is 10.2 Å². The van der Waals surface area contributed by atoms with Gasteiger partial charge >= 0.3 is 6.18 Å². The van der Waals surface area contributed by atoms with Gasteiger partial charge in [0.05, 0.1) is 5.56 Å². The summed E-state index contributed by atoms with van der Waals surface area (Å²) in [6.45, 7) is 9.63. The normalized spacial score (nSPS) is 17.6. The molecule has 0 aliphatic carbocycles. The summed E-state index contributed by atoms with van der Waals surface area (Å²) in [6, 6.07) is 3.87. The molecule has 1 aliphatic rings. The molecule has 0 bridgehead atoms. The van der Waals surface area contributed by atoms with E-state index in [1.54, 1.807) is 0 Å². The second kappa shape index (κ2) is 9.08. The average Bonchev–Trinajstić information content (AvgIpc) is 2.39. The third-order valence-electron chi connectivity index (χ3n) is 3.95. The third kappa shape index (κ3) is 5.77. The predicted molar refractivity (Wildman–Crippen MR) is 100 cm³/mol. The highest BCUT2D eigenvalue weighted by Crippen LogP contribution is 2.43. The summed E-state index contributed by atoms with van der Waals surface area (Å²) in [4.78, 5) is 2.27. The highest BCUT2D eigenvalue weighted by atomic mass is 79.9. The highest BCUT2D eigenvalue weighted by molar-refractivity contribution is 9.10. The number of benzene rings is 1. The number of alkyl halides is 3. The topological polar surface area (TPSA) is 15.3 Å². The average molecular weight is 452 g/mol. The van der Waals surface area contributed by atoms with Gasteiger partial charge in [0.1, 0.15) is 0 Å². The molecule has 8 heteroatoms. The Labute approximate surface area is 162 Å². The van der Waals surface area contributed by atoms with Crippen molar-refractivity contribution < 1.29 is 13.2 Å². The Morgan fingerprint density at radius 2 is 1.62 bits per heavy atom. The zero-order valence-electron chi connectivity index (χ0n) is 13.9. The van der Waals surface area contributed by atoms with Gasteiger partial charge < -0.3 is 5.32 Å². The first kappa shape index (κ1) is 24.0. The maximum Gasteiger partial charge on any atom is 0.416 e. The third-order valence-corrected chi connectivity index (χ3v) is 4.68. The summed E-state index contributed by atoms with van der Waals surface area (Å²) in [7, 11) is 0. The van der Waals surface area contributed by atoms with Crippen LogP contribution in [0.5, 0.6) is 0 Å². The molecule has 2 rings (SSSR count). The lowest BCUT2D eigenvalue weighted by atomic mass is 9.80. The summed E-state index contributed by atoms with van der Waals surface area (Å²) in [6.07, 6.45) is -4.32. The van der Waals surface area contributed by atoms with E-state index in [2.05, 4.69) is 46.9 Å². The molecule has 0 spiro atoms. The molecular weight excluding hydrogens is 428 g/mol. The summed E-state index contributed by atoms with van der Waals surface area (Å²) >= 11 is 3.45. The number of hydrogen-bond donors (Lipinski definition) is 1. The SMILES string of the molecule is CC(C)(C)[C@H](c1cc(C(F)(F)F)ccc1Br)N1CCNCC1.Cl.Cl. The zero-order chi connectivity index (χ0) is 16.5. The first-order chi connectivity index (χ1) is 10.1. The minimum Gasteiger partial charge on any atom is -0.314 e. The number of halogens is 6. The van der Waals surface area contributed by atoms with Gasteiger partial charge in [0.2, 0.25) is 0 Å². The van der Waals surface area contributed by atoms with E-state index in [9.17, 15) is 13.2 Å². The second-order valence-electron chi connectivity index (χ2n) is 6.79. The fourth-order valence-electron chi connectivity index (χ4n) is 3.08. The number of piperazine rings is 1. The van der Waals surface area contributed by atoms with Gasteiger partial charge in [0.25, 0.3) is 0 Å². The van der Waals surface area contributed by atoms with E-state index in [1.165, 1.54) is 12.1 Å². The van der Waals surface area contributed by atoms with Crippen molar-refractivity contribution in [3.63, 3.8) is 0 Å². The first-order valence-corrected chi connectivity index (χ1v) is 8.21. The summed E-state index contributed by atoms with van der Waals surface area (Å²) < 4.78 is 39.9. The molecule has 0 saturated carbocycles. The highest BCUT2D eigenvalue weighted by Gasteiger charge is 2.36. The molecule has 0 radical (unpaired) electrons. The molecule has 2 nitrogen and oxygen atoms in total. The molecule has 24 heavy (non-hydrogen) atoms. The fraction of sp³-hybridized carbons (Fsp3) is 0.625. The van der Waals surface area contributed by atoms with Crippen molar-refractivity contribution in [2.24, 2.45) is 5.41 Å². The van der Waals surface area contributed by atoms with Crippen molar-refractivity contribution >= 4 is 40.7 Å². The molecule has 1 aromatic carbocycles. The van der Waals surface area contributed by atoms with Crippen LogP contribution in [0.25, 0.3) is 0 Å². The van der Waals surface area contributed by atoms with Crippen molar-refractivity contribution in [3.05, 3.63) is 33.8 Å². The van der Waals surface area contributed by atoms with E-state index in [0.717, 1.165) is 36.7 Å². The lowest BCUT2D eigenvalue weighted by Gasteiger charge is -2.43. The summed E-state index contributed by atoms with van der Waals surface area (Å²) in [5.41, 5.74) is -0.0383. The number of hydrogen-bond acceptors (Lipinski definition) is 2. The van der Waals surface area contributed by atoms with Crippen LogP contribution < -0.4 is 5.32 Å². The van der Waals surface area contributed by atoms with Crippen LogP contribution in [0, 0.1) is 5.41 Å². The fourth-order valence-corrected chi connectivity index (χ4v) is 3.54. The van der Waals surface area contributed by atoms with Gasteiger partial charge in [-0.05, 0) is 29.2 Å². The molecule has 1 heterocycles. The van der Waals surface area contributed by atoms with Crippen LogP contribution in [-0.2, 0) is 6.18 Å². The Bertz CT molecular complexity index is 527. The number of nitrogens with zero attached hydrogens (tertiary/aromatic N) is 1. The van der Waals surface area contributed by atoms with Crippen LogP contribution >= 0.6 is 40.7 Å². The van der Waals surface area contributed by atoms with Gasteiger partial charge in [0.15, 0.2) is 0 Å². The molecule has 1 fully saturated rings. The lowest BCUT2D eigenvalue weighted by molar-refractivity contribution is -0.137. The van der Waals surface area contributed by atoms with E-state index < -0.39 is 11.7 Å². The predicted octanol–water partition coefficient (Wildman–Crippen LogP) is 5.30. The Hall–Kier alpha value is -0.0100. The van der Waals surface area contributed by atoms with Crippen LogP contribution in [0.1, 0.15) is 37.9 Å². The standard InChI is InChI=1S/C16H22BrF3N2.2ClH/c1-15(2,3)14(22-8-6-21-7-9-22)12-10-11(16(18,19)20)4-5-13(12)17;;/h4-5,10,14,21H,6-9H2,1-3H3;2*1H/t14-;;/m0../s1. The van der Waals surface area contributed by atoms with Crippen molar-refractivity contribution in [1.29, 1.82) is 0 Å². The van der Waals surface area contributed by atoms with E-state index in [4.69, 9.17) is 0 Å². The quantitative estimate of drug-likeness (QED) is 0.655. The van der Waals surface area contributed by atoms with Crippen molar-refractivity contribution in [2.75, 3.05) is 26.2 Å². The van der Waals surface area contributed by atoms with E-state index in [-0.39, 0.29) is 36.3 Å². The molecule has 1 aliphatic heterocycles. The van der Waals surface area contributed by atoms with Crippen LogP contribution in [0.4, 0.5) is 13.2 Å². The van der Waals surface area contributed by atoms with Gasteiger partial charge in [-0.2, -0.15) is 13.2 Å². The molecule has 140 valence electrons. The molecule has 1 atom stereocenters. The lowest BCUT2D eigenvalue weighted by Crippen LogP contribution is -2.48. The molecular formula is C16H24BrCl2F3N2.